The van der Waals surface area contributed by atoms with Crippen molar-refractivity contribution in [1.82, 2.24) is 4.90 Å². The number of hydrogen-bond donors (Lipinski definition) is 1. The van der Waals surface area contributed by atoms with Gasteiger partial charge in [0.05, 0.1) is 39.3 Å². The summed E-state index contributed by atoms with van der Waals surface area (Å²) in [7, 11) is 4.71. The van der Waals surface area contributed by atoms with Gasteiger partial charge in [0, 0.05) is 44.0 Å². The van der Waals surface area contributed by atoms with Gasteiger partial charge in [0.15, 0.2) is 11.5 Å². The van der Waals surface area contributed by atoms with Crippen LogP contribution in [0.2, 0.25) is 0 Å². The van der Waals surface area contributed by atoms with Crippen LogP contribution in [0.4, 0.5) is 0 Å². The molecular formula is C24H33N2O4+. The first-order valence-corrected chi connectivity index (χ1v) is 11.5. The molecule has 2 fully saturated rings. The van der Waals surface area contributed by atoms with Gasteiger partial charge < -0.3 is 23.8 Å². The second kappa shape index (κ2) is 6.70. The van der Waals surface area contributed by atoms with E-state index in [-0.39, 0.29) is 11.5 Å². The Morgan fingerprint density at radius 2 is 2.07 bits per heavy atom. The number of ether oxygens (including phenoxy) is 3. The van der Waals surface area contributed by atoms with E-state index < -0.39 is 6.10 Å². The molecule has 2 saturated heterocycles. The molecule has 2 bridgehead atoms. The van der Waals surface area contributed by atoms with Crippen molar-refractivity contribution < 1.29 is 23.8 Å². The van der Waals surface area contributed by atoms with E-state index in [4.69, 9.17) is 14.2 Å². The fraction of sp³-hybridized carbons (Fsp3) is 0.667. The van der Waals surface area contributed by atoms with E-state index in [0.717, 1.165) is 68.2 Å². The minimum Gasteiger partial charge on any atom is -0.488 e. The topological polar surface area (TPSA) is 51.2 Å². The quantitative estimate of drug-likeness (QED) is 0.597. The molecule has 6 rings (SSSR count). The summed E-state index contributed by atoms with van der Waals surface area (Å²) in [6.07, 6.45) is 5.61. The van der Waals surface area contributed by atoms with Crippen molar-refractivity contribution in [2.75, 3.05) is 60.1 Å². The number of quaternary nitrogens is 1. The summed E-state index contributed by atoms with van der Waals surface area (Å²) >= 11 is 0. The first kappa shape index (κ1) is 19.1. The van der Waals surface area contributed by atoms with E-state index in [1.54, 1.807) is 0 Å². The molecule has 5 aliphatic rings. The highest BCUT2D eigenvalue weighted by Crippen LogP contribution is 2.63. The molecule has 1 aromatic rings. The predicted octanol–water partition coefficient (Wildman–Crippen LogP) is 1.35. The summed E-state index contributed by atoms with van der Waals surface area (Å²) in [6.45, 7) is 6.20. The molecule has 0 unspecified atom stereocenters. The number of nitrogens with zero attached hydrogens (tertiary/aromatic N) is 2. The number of hydrogen-bond acceptors (Lipinski definition) is 5. The SMILES string of the molecule is C[N+]1(C)CC[C@]23c4c5ccc(OCCN6CCOCC6)c4O[C@H]2[C@@H](O)C=C[C@H]3[C@H]1C5. The molecule has 30 heavy (non-hydrogen) atoms. The Morgan fingerprint density at radius 1 is 1.23 bits per heavy atom. The van der Waals surface area contributed by atoms with Crippen LogP contribution in [0.5, 0.6) is 11.5 Å². The Balaban J connectivity index is 1.34. The standard InChI is InChI=1S/C24H33N2O4/c1-26(2)11-7-24-17-4-5-19(27)23(24)30-22-20(6-3-16(21(22)24)15-18(17)26)29-14-10-25-8-12-28-13-9-25/h3-6,17-19,23,27H,7-15H2,1-2H3/q+1/t17-,18+,19-,23-,24-/m0/s1. The number of rotatable bonds is 4. The summed E-state index contributed by atoms with van der Waals surface area (Å²) in [6, 6.07) is 4.88. The second-order valence-electron chi connectivity index (χ2n) is 10.2. The highest BCUT2D eigenvalue weighted by Gasteiger charge is 2.67. The lowest BCUT2D eigenvalue weighted by molar-refractivity contribution is -0.926. The number of piperidine rings is 1. The lowest BCUT2D eigenvalue weighted by atomic mass is 9.53. The summed E-state index contributed by atoms with van der Waals surface area (Å²) in [5.74, 6) is 2.15. The van der Waals surface area contributed by atoms with Gasteiger partial charge >= 0.3 is 0 Å². The van der Waals surface area contributed by atoms with Crippen LogP contribution in [0.25, 0.3) is 0 Å². The zero-order chi connectivity index (χ0) is 20.5. The van der Waals surface area contributed by atoms with Crippen LogP contribution in [-0.2, 0) is 16.6 Å². The van der Waals surface area contributed by atoms with Gasteiger partial charge in [0.1, 0.15) is 24.9 Å². The zero-order valence-electron chi connectivity index (χ0n) is 18.0. The lowest BCUT2D eigenvalue weighted by Crippen LogP contribution is -2.70. The maximum atomic E-state index is 10.9. The van der Waals surface area contributed by atoms with Crippen LogP contribution in [0, 0.1) is 5.92 Å². The fourth-order valence-electron chi connectivity index (χ4n) is 6.81. The van der Waals surface area contributed by atoms with Gasteiger partial charge in [-0.1, -0.05) is 18.2 Å². The first-order valence-electron chi connectivity index (χ1n) is 11.5. The van der Waals surface area contributed by atoms with Crippen LogP contribution < -0.4 is 9.47 Å². The molecule has 3 heterocycles. The van der Waals surface area contributed by atoms with E-state index in [0.29, 0.717) is 18.6 Å². The highest BCUT2D eigenvalue weighted by molar-refractivity contribution is 5.61. The Labute approximate surface area is 178 Å². The summed E-state index contributed by atoms with van der Waals surface area (Å²) in [5.41, 5.74) is 2.61. The Morgan fingerprint density at radius 3 is 2.90 bits per heavy atom. The van der Waals surface area contributed by atoms with Crippen molar-refractivity contribution in [1.29, 1.82) is 0 Å². The number of likely N-dealkylation sites (N-methyl/N-ethyl adjacent to an activating group) is 1. The van der Waals surface area contributed by atoms with Crippen LogP contribution >= 0.6 is 0 Å². The van der Waals surface area contributed by atoms with E-state index in [1.807, 2.05) is 6.08 Å². The fourth-order valence-corrected chi connectivity index (χ4v) is 6.81. The van der Waals surface area contributed by atoms with Gasteiger partial charge in [-0.25, -0.2) is 0 Å². The van der Waals surface area contributed by atoms with Gasteiger partial charge in [-0.05, 0) is 11.6 Å². The van der Waals surface area contributed by atoms with Gasteiger partial charge in [-0.3, -0.25) is 4.90 Å². The molecule has 2 aliphatic carbocycles. The van der Waals surface area contributed by atoms with E-state index in [1.165, 1.54) is 11.1 Å². The Bertz CT molecular complexity index is 878. The van der Waals surface area contributed by atoms with Crippen molar-refractivity contribution in [3.05, 3.63) is 35.4 Å². The first-order chi connectivity index (χ1) is 14.5. The van der Waals surface area contributed by atoms with E-state index in [9.17, 15) is 5.11 Å². The maximum Gasteiger partial charge on any atom is 0.166 e. The number of morpholine rings is 1. The van der Waals surface area contributed by atoms with E-state index in [2.05, 4.69) is 37.2 Å². The zero-order valence-corrected chi connectivity index (χ0v) is 18.0. The molecule has 3 aliphatic heterocycles. The van der Waals surface area contributed by atoms with Crippen molar-refractivity contribution in [3.63, 3.8) is 0 Å². The van der Waals surface area contributed by atoms with Crippen LogP contribution in [0.15, 0.2) is 24.3 Å². The van der Waals surface area contributed by atoms with Crippen LogP contribution in [-0.4, -0.2) is 92.8 Å². The summed E-state index contributed by atoms with van der Waals surface area (Å²) in [5, 5.41) is 10.9. The third kappa shape index (κ3) is 2.57. The third-order valence-electron chi connectivity index (χ3n) is 8.46. The number of aliphatic hydroxyl groups is 1. The molecule has 5 atom stereocenters. The largest absolute Gasteiger partial charge is 0.488 e. The lowest BCUT2D eigenvalue weighted by Gasteiger charge is -2.58. The van der Waals surface area contributed by atoms with E-state index >= 15 is 0 Å². The number of aliphatic hydroxyl groups excluding tert-OH is 1. The van der Waals surface area contributed by atoms with Crippen molar-refractivity contribution >= 4 is 0 Å². The Kier molecular flexibility index (Phi) is 4.27. The molecule has 6 heteroatoms. The smallest absolute Gasteiger partial charge is 0.166 e. The van der Waals surface area contributed by atoms with Gasteiger partial charge in [0.25, 0.3) is 0 Å². The molecule has 1 N–H and O–H groups in total. The van der Waals surface area contributed by atoms with Gasteiger partial charge in [-0.2, -0.15) is 0 Å². The van der Waals surface area contributed by atoms with Gasteiger partial charge in [0.2, 0.25) is 0 Å². The van der Waals surface area contributed by atoms with Crippen LogP contribution in [0.1, 0.15) is 17.5 Å². The van der Waals surface area contributed by atoms with Crippen molar-refractivity contribution in [2.24, 2.45) is 5.92 Å². The molecule has 0 amide bonds. The second-order valence-corrected chi connectivity index (χ2v) is 10.2. The molecule has 0 aromatic heterocycles. The molecular weight excluding hydrogens is 380 g/mol. The maximum absolute atomic E-state index is 10.9. The average molecular weight is 414 g/mol. The monoisotopic (exact) mass is 413 g/mol. The van der Waals surface area contributed by atoms with Crippen LogP contribution in [0.3, 0.4) is 0 Å². The molecule has 1 aromatic carbocycles. The average Bonchev–Trinajstić information content (AvgIpc) is 3.10. The number of benzene rings is 1. The minimum atomic E-state index is -0.560. The summed E-state index contributed by atoms with van der Waals surface area (Å²) < 4.78 is 19.3. The molecule has 1 spiro atoms. The molecule has 0 radical (unpaired) electrons. The summed E-state index contributed by atoms with van der Waals surface area (Å²) in [4.78, 5) is 2.38. The van der Waals surface area contributed by atoms with Gasteiger partial charge in [-0.15, -0.1) is 0 Å². The number of likely N-dealkylation sites (tertiary alicyclic amines) is 1. The molecule has 162 valence electrons. The normalized spacial score (nSPS) is 38.1. The highest BCUT2D eigenvalue weighted by atomic mass is 16.5. The Hall–Kier alpha value is -1.60. The third-order valence-corrected chi connectivity index (χ3v) is 8.46. The van der Waals surface area contributed by atoms with Crippen molar-refractivity contribution in [3.8, 4) is 11.5 Å². The molecule has 6 nitrogen and oxygen atoms in total. The predicted molar refractivity (Wildman–Crippen MR) is 113 cm³/mol. The molecule has 0 saturated carbocycles. The minimum absolute atomic E-state index is 0.112. The van der Waals surface area contributed by atoms with Crippen molar-refractivity contribution in [2.45, 2.75) is 36.5 Å².